The van der Waals surface area contributed by atoms with Crippen LogP contribution in [-0.4, -0.2) is 35.2 Å². The number of nitrogens with one attached hydrogen (secondary N) is 2. The molecule has 5 N–H and O–H groups in total. The number of aromatic nitrogens is 2. The number of anilines is 1. The van der Waals surface area contributed by atoms with Crippen LogP contribution in [0.3, 0.4) is 0 Å². The van der Waals surface area contributed by atoms with Gasteiger partial charge in [0.2, 0.25) is 15.9 Å². The average molecular weight is 773 g/mol. The van der Waals surface area contributed by atoms with Gasteiger partial charge >= 0.3 is 17.4 Å². The number of rotatable bonds is 8. The molecule has 16 nitrogen and oxygen atoms in total. The van der Waals surface area contributed by atoms with Crippen molar-refractivity contribution in [1.29, 1.82) is 0 Å². The van der Waals surface area contributed by atoms with Crippen molar-refractivity contribution in [3.8, 4) is 17.2 Å². The number of amides is 1. The van der Waals surface area contributed by atoms with E-state index < -0.39 is 21.7 Å². The molecule has 0 saturated carbocycles. The molecule has 0 spiro atoms. The number of hydrogen-bond acceptors (Lipinski definition) is 12. The van der Waals surface area contributed by atoms with Crippen molar-refractivity contribution in [2.45, 2.75) is 18.7 Å². The fourth-order valence-electron chi connectivity index (χ4n) is 4.85. The van der Waals surface area contributed by atoms with Crippen molar-refractivity contribution in [2.24, 2.45) is 25.6 Å². The Morgan fingerprint density at radius 3 is 2.19 bits per heavy atom. The fraction of sp³-hybridized carbons (Fsp3) is 0.0571. The molecule has 0 saturated heterocycles. The Morgan fingerprint density at radius 2 is 1.51 bits per heavy atom. The maximum absolute atomic E-state index is 12.5. The Kier molecular flexibility index (Phi) is 12.4. The first-order chi connectivity index (χ1) is 24.7. The number of sulfonamides is 1. The number of nitrogens with two attached hydrogens (primary N) is 1. The smallest absolute Gasteiger partial charge is 0.871 e. The molecule has 1 heterocycles. The Balaban J connectivity index is 0.000000235. The summed E-state index contributed by atoms with van der Waals surface area (Å²) in [6, 6.07) is 26.3. The number of aryl methyl sites for hydroxylation is 1. The number of para-hydroxylation sites is 1. The van der Waals surface area contributed by atoms with Crippen LogP contribution in [0, 0.1) is 6.92 Å². The van der Waals surface area contributed by atoms with E-state index >= 15 is 0 Å². The van der Waals surface area contributed by atoms with Gasteiger partial charge in [0.25, 0.3) is 5.56 Å². The Bertz CT molecular complexity index is 2550. The number of nitrogens with zero attached hydrogens (tertiary/aromatic N) is 5. The van der Waals surface area contributed by atoms with E-state index in [0.717, 1.165) is 18.2 Å². The van der Waals surface area contributed by atoms with Crippen molar-refractivity contribution in [2.75, 3.05) is 5.32 Å². The van der Waals surface area contributed by atoms with Gasteiger partial charge in [-0.3, -0.25) is 14.7 Å². The van der Waals surface area contributed by atoms with Crippen LogP contribution in [0.15, 0.2) is 133 Å². The van der Waals surface area contributed by atoms with Crippen LogP contribution in [0.5, 0.6) is 11.5 Å². The number of phenolic OH excluding ortho intramolecular Hbond substituents is 1. The monoisotopic (exact) mass is 772 g/mol. The van der Waals surface area contributed by atoms with Gasteiger partial charge in [-0.05, 0) is 54.8 Å². The second-order valence-corrected chi connectivity index (χ2v) is 12.5. The number of carboxylic acid groups (broad SMARTS) is 1. The SMILES string of the molecule is CC(=O)Nc1cccc2ccc(O)c(N=Nc3cc(S(N)(=O)=O)ccc3[O-])c12.Cc1[nH]n(-c2ccccc2)c(=O)c1N=Nc1ccccc1C(=O)[O-].[Cr+3]. The molecule has 1 aromatic heterocycles. The number of aromatic hydroxyl groups is 1. The molecule has 0 aliphatic heterocycles. The van der Waals surface area contributed by atoms with Crippen molar-refractivity contribution >= 4 is 61.1 Å². The predicted molar refractivity (Wildman–Crippen MR) is 187 cm³/mol. The molecule has 5 aromatic carbocycles. The largest absolute Gasteiger partial charge is 3.00 e. The molecule has 0 aliphatic carbocycles. The summed E-state index contributed by atoms with van der Waals surface area (Å²) in [5.74, 6) is -2.47. The van der Waals surface area contributed by atoms with E-state index in [4.69, 9.17) is 5.14 Å². The number of primary sulfonamides is 1. The number of benzene rings is 5. The van der Waals surface area contributed by atoms with Crippen LogP contribution in [0.2, 0.25) is 0 Å². The summed E-state index contributed by atoms with van der Waals surface area (Å²) in [5, 5.41) is 60.6. The van der Waals surface area contributed by atoms with Crippen LogP contribution in [-0.2, 0) is 32.2 Å². The number of H-pyrrole nitrogens is 1. The summed E-state index contributed by atoms with van der Waals surface area (Å²) < 4.78 is 24.3. The molecule has 6 aromatic rings. The number of carbonyl (C=O) groups is 2. The maximum Gasteiger partial charge on any atom is 3.00 e. The minimum Gasteiger partial charge on any atom is -0.871 e. The third-order valence-corrected chi connectivity index (χ3v) is 8.17. The topological polar surface area (TPSA) is 260 Å². The number of carboxylic acids is 1. The van der Waals surface area contributed by atoms with Crippen LogP contribution < -0.4 is 26.2 Å². The van der Waals surface area contributed by atoms with Crippen LogP contribution in [0.25, 0.3) is 16.5 Å². The van der Waals surface area contributed by atoms with Crippen molar-refractivity contribution < 1.29 is 50.7 Å². The van der Waals surface area contributed by atoms with E-state index in [1.165, 1.54) is 29.8 Å². The molecule has 1 radical (unpaired) electrons. The fourth-order valence-corrected chi connectivity index (χ4v) is 5.39. The van der Waals surface area contributed by atoms with Gasteiger partial charge in [-0.2, -0.15) is 5.11 Å². The summed E-state index contributed by atoms with van der Waals surface area (Å²) in [7, 11) is -4.03. The number of aromatic amines is 1. The molecular formula is C35H28CrN8O8S+. The zero-order chi connectivity index (χ0) is 37.6. The number of phenols is 1. The zero-order valence-corrected chi connectivity index (χ0v) is 29.8. The molecule has 0 unspecified atom stereocenters. The van der Waals surface area contributed by atoms with Gasteiger partial charge in [0.05, 0.1) is 39.3 Å². The normalized spacial score (nSPS) is 11.2. The summed E-state index contributed by atoms with van der Waals surface area (Å²) in [4.78, 5) is 34.7. The molecule has 0 bridgehead atoms. The number of aromatic carboxylic acids is 1. The van der Waals surface area contributed by atoms with Gasteiger partial charge in [0.15, 0.2) is 5.69 Å². The second kappa shape index (κ2) is 16.7. The first kappa shape index (κ1) is 39.3. The van der Waals surface area contributed by atoms with E-state index in [-0.39, 0.29) is 67.8 Å². The first-order valence-electron chi connectivity index (χ1n) is 15.1. The van der Waals surface area contributed by atoms with Gasteiger partial charge in [-0.25, -0.2) is 18.2 Å². The molecule has 1 amide bonds. The molecule has 0 atom stereocenters. The molecular weight excluding hydrogens is 744 g/mol. The van der Waals surface area contributed by atoms with E-state index in [1.807, 2.05) is 18.2 Å². The van der Waals surface area contributed by atoms with Gasteiger partial charge in [0, 0.05) is 17.9 Å². The molecule has 18 heteroatoms. The standard InChI is InChI=1S/C18H16N4O5S.C17H14N4O3.Cr/c1-10(23)20-13-4-2-3-11-5-7-16(25)18(17(11)13)22-21-14-9-12(28(19,26)27)6-8-15(14)24;1-11-15(16(22)21(20-11)12-7-3-2-4-8-12)19-18-14-10-6-5-9-13(14)17(23)24;/h2-9,24-25H,1H3,(H,20,23)(H2,19,26,27);2-10,20H,1H3,(H,23,24);/q;;+3/p-2. The summed E-state index contributed by atoms with van der Waals surface area (Å²) in [6.07, 6.45) is 0. The van der Waals surface area contributed by atoms with E-state index in [2.05, 4.69) is 30.9 Å². The Morgan fingerprint density at radius 1 is 0.849 bits per heavy atom. The minimum atomic E-state index is -4.03. The first-order valence-corrected chi connectivity index (χ1v) is 16.7. The second-order valence-electron chi connectivity index (χ2n) is 11.0. The Hall–Kier alpha value is -6.45. The van der Waals surface area contributed by atoms with Gasteiger partial charge in [-0.1, -0.05) is 66.4 Å². The van der Waals surface area contributed by atoms with E-state index in [0.29, 0.717) is 27.8 Å². The third-order valence-electron chi connectivity index (χ3n) is 7.26. The van der Waals surface area contributed by atoms with E-state index in [9.17, 15) is 38.1 Å². The molecule has 0 fully saturated rings. The summed E-state index contributed by atoms with van der Waals surface area (Å²) in [5.41, 5.74) is 1.14. The van der Waals surface area contributed by atoms with Crippen molar-refractivity contribution in [3.63, 3.8) is 0 Å². The molecule has 6 rings (SSSR count). The molecule has 53 heavy (non-hydrogen) atoms. The van der Waals surface area contributed by atoms with Gasteiger partial charge in [-0.15, -0.1) is 15.3 Å². The van der Waals surface area contributed by atoms with Gasteiger partial charge in [0.1, 0.15) is 11.4 Å². The number of hydrogen-bond donors (Lipinski definition) is 4. The van der Waals surface area contributed by atoms with Crippen molar-refractivity contribution in [1.82, 2.24) is 9.78 Å². The average Bonchev–Trinajstić information content (AvgIpc) is 3.39. The zero-order valence-electron chi connectivity index (χ0n) is 27.7. The van der Waals surface area contributed by atoms with Gasteiger partial charge < -0.3 is 25.4 Å². The quantitative estimate of drug-likeness (QED) is 0.154. The van der Waals surface area contributed by atoms with Crippen LogP contribution in [0.4, 0.5) is 28.4 Å². The molecule has 267 valence electrons. The number of fused-ring (bicyclic) bond motifs is 1. The number of carbonyl (C=O) groups excluding carboxylic acids is 2. The minimum absolute atomic E-state index is 0. The van der Waals surface area contributed by atoms with Crippen LogP contribution in [0.1, 0.15) is 23.0 Å². The summed E-state index contributed by atoms with van der Waals surface area (Å²) >= 11 is 0. The van der Waals surface area contributed by atoms with Crippen LogP contribution >= 0.6 is 0 Å². The predicted octanol–water partition coefficient (Wildman–Crippen LogP) is 4.89. The molecule has 0 aliphatic rings. The number of azo groups is 2. The maximum atomic E-state index is 12.5. The van der Waals surface area contributed by atoms with Crippen molar-refractivity contribution in [3.05, 3.63) is 125 Å². The third kappa shape index (κ3) is 9.27. The Labute approximate surface area is 312 Å². The van der Waals surface area contributed by atoms with E-state index in [1.54, 1.807) is 55.5 Å². The summed E-state index contributed by atoms with van der Waals surface area (Å²) in [6.45, 7) is 3.03.